The average Bonchev–Trinajstić information content (AvgIpc) is 1.41. The molecule has 0 aromatic heterocycles. The molecule has 0 saturated carbocycles. The molecule has 0 aliphatic heterocycles. The molecule has 0 unspecified atom stereocenters. The van der Waals surface area contributed by atoms with Crippen molar-refractivity contribution in [1.29, 1.82) is 0 Å². The third kappa shape index (κ3) is 4.03. The summed E-state index contributed by atoms with van der Waals surface area (Å²) in [6.45, 7) is 2.04. The number of halogens is 1. The van der Waals surface area contributed by atoms with Gasteiger partial charge in [-0.3, -0.25) is 0 Å². The van der Waals surface area contributed by atoms with E-state index in [4.69, 9.17) is 11.6 Å². The highest BCUT2D eigenvalue weighted by Crippen LogP contribution is 1.80. The molecule has 0 rings (SSSR count). The fraction of sp³-hybridized carbons (Fsp3) is 0.500. The Morgan fingerprint density at radius 3 is 2.40 bits per heavy atom. The first kappa shape index (κ1) is 5.03. The van der Waals surface area contributed by atoms with Crippen LogP contribution in [0.1, 0.15) is 13.3 Å². The Hall–Kier alpha value is 0.0300. The first-order chi connectivity index (χ1) is 2.41. The van der Waals surface area contributed by atoms with E-state index < -0.39 is 0 Å². The maximum atomic E-state index is 5.12. The fourth-order valence-corrected chi connectivity index (χ4v) is 0.267. The topological polar surface area (TPSA) is 0 Å². The minimum absolute atomic E-state index is 1.03. The van der Waals surface area contributed by atoms with E-state index in [1.807, 2.05) is 13.0 Å². The summed E-state index contributed by atoms with van der Waals surface area (Å²) in [6, 6.07) is 0. The van der Waals surface area contributed by atoms with Gasteiger partial charge in [0.2, 0.25) is 0 Å². The summed E-state index contributed by atoms with van der Waals surface area (Å²) < 4.78 is 0. The normalized spacial score (nSPS) is 10.0. The second kappa shape index (κ2) is 4.03. The van der Waals surface area contributed by atoms with E-state index in [1.54, 1.807) is 0 Å². The van der Waals surface area contributed by atoms with Crippen molar-refractivity contribution in [1.82, 2.24) is 0 Å². The van der Waals surface area contributed by atoms with Gasteiger partial charge in [-0.05, 0) is 6.42 Å². The first-order valence-corrected chi connectivity index (χ1v) is 2.10. The molecule has 0 N–H and O–H groups in total. The number of hydrogen-bond donors (Lipinski definition) is 0. The van der Waals surface area contributed by atoms with Crippen molar-refractivity contribution in [3.05, 3.63) is 11.6 Å². The average molecular weight is 90.6 g/mol. The van der Waals surface area contributed by atoms with Crippen LogP contribution in [0.15, 0.2) is 11.6 Å². The lowest BCUT2D eigenvalue weighted by atomic mass is 10.5. The van der Waals surface area contributed by atoms with Crippen LogP contribution in [0.2, 0.25) is 0 Å². The van der Waals surface area contributed by atoms with E-state index in [-0.39, 0.29) is 0 Å². The summed E-state index contributed by atoms with van der Waals surface area (Å²) in [5.74, 6) is 0. The molecule has 0 fully saturated rings. The van der Waals surface area contributed by atoms with E-state index in [9.17, 15) is 0 Å². The zero-order valence-corrected chi connectivity index (χ0v) is 4.00. The van der Waals surface area contributed by atoms with Crippen LogP contribution in [-0.2, 0) is 0 Å². The van der Waals surface area contributed by atoms with Gasteiger partial charge < -0.3 is 0 Å². The van der Waals surface area contributed by atoms with Crippen LogP contribution in [0.4, 0.5) is 0 Å². The quantitative estimate of drug-likeness (QED) is 0.463. The van der Waals surface area contributed by atoms with Crippen LogP contribution >= 0.6 is 11.6 Å². The molecule has 0 radical (unpaired) electrons. The van der Waals surface area contributed by atoms with Crippen molar-refractivity contribution >= 4 is 11.6 Å². The molecule has 0 aromatic carbocycles. The van der Waals surface area contributed by atoms with Gasteiger partial charge in [0.05, 0.1) is 0 Å². The summed E-state index contributed by atoms with van der Waals surface area (Å²) in [5.41, 5.74) is 1.53. The molecule has 30 valence electrons. The first-order valence-electron chi connectivity index (χ1n) is 1.67. The van der Waals surface area contributed by atoms with E-state index in [2.05, 4.69) is 0 Å². The van der Waals surface area contributed by atoms with Gasteiger partial charge in [0.15, 0.2) is 0 Å². The molecule has 0 atom stereocenters. The molecular formula is C4H7Cl. The molecule has 1 heteroatoms. The van der Waals surface area contributed by atoms with Crippen molar-refractivity contribution in [2.75, 3.05) is 0 Å². The standard InChI is InChI=1S/C4H7Cl/c1-2-3-4-5/h3-4H,2H2,1H3/b4-3+. The Morgan fingerprint density at radius 2 is 2.40 bits per heavy atom. The van der Waals surface area contributed by atoms with Gasteiger partial charge in [0.25, 0.3) is 0 Å². The second-order valence-electron chi connectivity index (χ2n) is 0.770. The summed E-state index contributed by atoms with van der Waals surface area (Å²) >= 11 is 5.12. The molecule has 0 spiro atoms. The molecule has 0 aromatic rings. The molecule has 0 heterocycles. The van der Waals surface area contributed by atoms with Crippen LogP contribution in [0, 0.1) is 0 Å². The zero-order valence-electron chi connectivity index (χ0n) is 3.24. The largest absolute Gasteiger partial charge is 0.0933 e. The summed E-state index contributed by atoms with van der Waals surface area (Å²) in [7, 11) is 0. The highest BCUT2D eigenvalue weighted by Gasteiger charge is 1.53. The van der Waals surface area contributed by atoms with E-state index in [0.717, 1.165) is 6.42 Å². The molecule has 0 saturated heterocycles. The maximum absolute atomic E-state index is 5.12. The van der Waals surface area contributed by atoms with Crippen LogP contribution in [0.25, 0.3) is 0 Å². The van der Waals surface area contributed by atoms with Crippen molar-refractivity contribution in [3.63, 3.8) is 0 Å². The van der Waals surface area contributed by atoms with Crippen molar-refractivity contribution < 1.29 is 0 Å². The SMILES string of the molecule is CC/C=C/Cl. The van der Waals surface area contributed by atoms with Gasteiger partial charge in [-0.25, -0.2) is 0 Å². The molecular weight excluding hydrogens is 83.5 g/mol. The Morgan fingerprint density at radius 1 is 1.80 bits per heavy atom. The lowest BCUT2D eigenvalue weighted by Gasteiger charge is -1.63. The van der Waals surface area contributed by atoms with Crippen molar-refractivity contribution in [3.8, 4) is 0 Å². The molecule has 0 amide bonds. The van der Waals surface area contributed by atoms with Crippen molar-refractivity contribution in [2.45, 2.75) is 13.3 Å². The Balaban J connectivity index is 2.62. The monoisotopic (exact) mass is 90.0 g/mol. The van der Waals surface area contributed by atoms with Crippen LogP contribution in [-0.4, -0.2) is 0 Å². The predicted molar refractivity (Wildman–Crippen MR) is 25.3 cm³/mol. The lowest BCUT2D eigenvalue weighted by molar-refractivity contribution is 1.23. The number of allylic oxidation sites excluding steroid dienone is 1. The minimum atomic E-state index is 1.03. The van der Waals surface area contributed by atoms with Crippen molar-refractivity contribution in [2.24, 2.45) is 0 Å². The van der Waals surface area contributed by atoms with E-state index in [1.165, 1.54) is 5.54 Å². The molecule has 0 aliphatic carbocycles. The molecule has 5 heavy (non-hydrogen) atoms. The zero-order chi connectivity index (χ0) is 4.12. The Bertz CT molecular complexity index is 30.6. The highest BCUT2D eigenvalue weighted by atomic mass is 35.5. The smallest absolute Gasteiger partial charge is 0.000235 e. The van der Waals surface area contributed by atoms with Gasteiger partial charge in [-0.15, -0.1) is 0 Å². The van der Waals surface area contributed by atoms with Gasteiger partial charge >= 0.3 is 0 Å². The Kier molecular flexibility index (Phi) is 4.05. The third-order valence-electron chi connectivity index (χ3n) is 0.325. The van der Waals surface area contributed by atoms with Gasteiger partial charge in [-0.1, -0.05) is 24.6 Å². The van der Waals surface area contributed by atoms with Crippen LogP contribution in [0.5, 0.6) is 0 Å². The predicted octanol–water partition coefficient (Wildman–Crippen LogP) is 2.15. The number of hydrogen-bond acceptors (Lipinski definition) is 0. The van der Waals surface area contributed by atoms with Crippen LogP contribution in [0.3, 0.4) is 0 Å². The summed E-state index contributed by atoms with van der Waals surface area (Å²) in [4.78, 5) is 0. The van der Waals surface area contributed by atoms with E-state index in [0.29, 0.717) is 0 Å². The maximum Gasteiger partial charge on any atom is 0.000235 e. The lowest BCUT2D eigenvalue weighted by Crippen LogP contribution is -1.41. The second-order valence-corrected chi connectivity index (χ2v) is 1.02. The summed E-state index contributed by atoms with van der Waals surface area (Å²) in [5, 5.41) is 0. The van der Waals surface area contributed by atoms with E-state index >= 15 is 0 Å². The van der Waals surface area contributed by atoms with Gasteiger partial charge in [0.1, 0.15) is 0 Å². The van der Waals surface area contributed by atoms with Crippen LogP contribution < -0.4 is 0 Å². The van der Waals surface area contributed by atoms with Gasteiger partial charge in [-0.2, -0.15) is 0 Å². The molecule has 0 nitrogen and oxygen atoms in total. The summed E-state index contributed by atoms with van der Waals surface area (Å²) in [6.07, 6.45) is 2.92. The van der Waals surface area contributed by atoms with Gasteiger partial charge in [0, 0.05) is 5.54 Å². The molecule has 0 bridgehead atoms. The molecule has 0 aliphatic rings. The number of rotatable bonds is 1. The highest BCUT2D eigenvalue weighted by molar-refractivity contribution is 6.25. The fourth-order valence-electron chi connectivity index (χ4n) is 0.0891. The minimum Gasteiger partial charge on any atom is -0.0933 e. The Labute approximate surface area is 37.4 Å². The third-order valence-corrected chi connectivity index (χ3v) is 0.503.